The van der Waals surface area contributed by atoms with Crippen LogP contribution in [0.4, 0.5) is 0 Å². The fourth-order valence-corrected chi connectivity index (χ4v) is 1.07. The van der Waals surface area contributed by atoms with Crippen molar-refractivity contribution in [2.24, 2.45) is 5.73 Å². The van der Waals surface area contributed by atoms with Gasteiger partial charge in [0, 0.05) is 19.6 Å². The molecule has 3 heteroatoms. The number of hydrogen-bond donors (Lipinski definition) is 1. The quantitative estimate of drug-likeness (QED) is 0.427. The van der Waals surface area contributed by atoms with Gasteiger partial charge in [-0.15, -0.1) is 0 Å². The Morgan fingerprint density at radius 1 is 1.36 bits per heavy atom. The summed E-state index contributed by atoms with van der Waals surface area (Å²) in [5.74, 6) is 0. The molecule has 0 aliphatic heterocycles. The van der Waals surface area contributed by atoms with Gasteiger partial charge in [-0.1, -0.05) is 6.92 Å². The molecular formula is C8H19N2O+. The summed E-state index contributed by atoms with van der Waals surface area (Å²) in [4.78, 5) is 10.7. The first-order valence-electron chi connectivity index (χ1n) is 4.23. The van der Waals surface area contributed by atoms with Crippen molar-refractivity contribution in [3.8, 4) is 0 Å². The van der Waals surface area contributed by atoms with E-state index in [4.69, 9.17) is 10.5 Å². The maximum absolute atomic E-state index is 8.47. The Labute approximate surface area is 68.6 Å². The lowest BCUT2D eigenvalue weighted by Gasteiger charge is -2.18. The van der Waals surface area contributed by atoms with Crippen molar-refractivity contribution in [1.82, 2.24) is 4.90 Å². The molecule has 0 heterocycles. The van der Waals surface area contributed by atoms with Crippen LogP contribution < -0.4 is 5.73 Å². The van der Waals surface area contributed by atoms with E-state index >= 15 is 0 Å². The Hall–Kier alpha value is -0.410. The minimum Gasteiger partial charge on any atom is -0.329 e. The van der Waals surface area contributed by atoms with Gasteiger partial charge in [-0.2, -0.15) is 0 Å². The Morgan fingerprint density at radius 2 is 2.09 bits per heavy atom. The molecule has 0 amide bonds. The molecule has 0 aromatic carbocycles. The van der Waals surface area contributed by atoms with Crippen molar-refractivity contribution in [3.63, 3.8) is 0 Å². The molecule has 66 valence electrons. The van der Waals surface area contributed by atoms with Gasteiger partial charge in [-0.25, -0.2) is 0 Å². The zero-order chi connectivity index (χ0) is 8.53. The lowest BCUT2D eigenvalue weighted by molar-refractivity contribution is 0.289. The highest BCUT2D eigenvalue weighted by atomic mass is 16.1. The van der Waals surface area contributed by atoms with Crippen molar-refractivity contribution >= 4 is 6.29 Å². The average Bonchev–Trinajstić information content (AvgIpc) is 2.01. The molecule has 0 spiro atoms. The van der Waals surface area contributed by atoms with Crippen molar-refractivity contribution in [2.45, 2.75) is 19.8 Å². The average molecular weight is 159 g/mol. The molecular weight excluding hydrogens is 140 g/mol. The lowest BCUT2D eigenvalue weighted by Crippen LogP contribution is -2.31. The lowest BCUT2D eigenvalue weighted by atomic mass is 10.3. The monoisotopic (exact) mass is 159 g/mol. The number of nitrogens with two attached hydrogens (primary N) is 1. The molecule has 0 fully saturated rings. The van der Waals surface area contributed by atoms with Crippen LogP contribution >= 0.6 is 0 Å². The highest BCUT2D eigenvalue weighted by Gasteiger charge is 2.01. The predicted octanol–water partition coefficient (Wildman–Crippen LogP) is 0.222. The van der Waals surface area contributed by atoms with Crippen molar-refractivity contribution in [3.05, 3.63) is 0 Å². The van der Waals surface area contributed by atoms with E-state index in [1.807, 2.05) is 0 Å². The van der Waals surface area contributed by atoms with Crippen LogP contribution in [0.5, 0.6) is 0 Å². The first-order chi connectivity index (χ1) is 5.35. The maximum atomic E-state index is 8.47. The molecule has 0 bridgehead atoms. The molecule has 3 nitrogen and oxygen atoms in total. The fourth-order valence-electron chi connectivity index (χ4n) is 1.07. The van der Waals surface area contributed by atoms with E-state index in [0.717, 1.165) is 32.5 Å². The van der Waals surface area contributed by atoms with E-state index in [9.17, 15) is 0 Å². The molecule has 0 rings (SSSR count). The van der Waals surface area contributed by atoms with E-state index < -0.39 is 0 Å². The third-order valence-corrected chi connectivity index (χ3v) is 1.56. The number of rotatable bonds is 7. The van der Waals surface area contributed by atoms with Gasteiger partial charge < -0.3 is 10.6 Å². The molecule has 0 aromatic heterocycles. The second-order valence-corrected chi connectivity index (χ2v) is 2.60. The minimum absolute atomic E-state index is 0.700. The van der Waals surface area contributed by atoms with Crippen LogP contribution in [0.3, 0.4) is 0 Å². The second-order valence-electron chi connectivity index (χ2n) is 2.60. The van der Waals surface area contributed by atoms with E-state index in [2.05, 4.69) is 11.8 Å². The van der Waals surface area contributed by atoms with Gasteiger partial charge >= 0.3 is 0 Å². The van der Waals surface area contributed by atoms with Gasteiger partial charge in [0.1, 0.15) is 0 Å². The van der Waals surface area contributed by atoms with Gasteiger partial charge in [-0.05, 0) is 13.0 Å². The zero-order valence-electron chi connectivity index (χ0n) is 7.29. The molecule has 0 aliphatic rings. The summed E-state index contributed by atoms with van der Waals surface area (Å²) < 4.78 is 0. The third kappa shape index (κ3) is 6.01. The predicted molar refractivity (Wildman–Crippen MR) is 48.4 cm³/mol. The van der Waals surface area contributed by atoms with Crippen LogP contribution in [0.15, 0.2) is 0 Å². The third-order valence-electron chi connectivity index (χ3n) is 1.56. The first kappa shape index (κ1) is 10.6. The van der Waals surface area contributed by atoms with Crippen molar-refractivity contribution in [2.75, 3.05) is 26.2 Å². The normalized spacial score (nSPS) is 10.5. The molecule has 11 heavy (non-hydrogen) atoms. The Morgan fingerprint density at radius 3 is 2.55 bits per heavy atom. The van der Waals surface area contributed by atoms with E-state index in [-0.39, 0.29) is 0 Å². The standard InChI is InChI=1S/C8H18N2O/c1-2-5-10(7-4-9)6-3-8-11/h8H,2-7,9H2,1H3/p+1. The van der Waals surface area contributed by atoms with Crippen LogP contribution in [0.25, 0.3) is 0 Å². The van der Waals surface area contributed by atoms with Crippen LogP contribution in [0.1, 0.15) is 19.8 Å². The van der Waals surface area contributed by atoms with Crippen LogP contribution in [0.2, 0.25) is 0 Å². The zero-order valence-corrected chi connectivity index (χ0v) is 7.29. The summed E-state index contributed by atoms with van der Waals surface area (Å²) in [5.41, 5.74) is 5.42. The molecule has 0 unspecified atom stereocenters. The summed E-state index contributed by atoms with van der Waals surface area (Å²) >= 11 is 0. The van der Waals surface area contributed by atoms with Gasteiger partial charge in [0.2, 0.25) is 0 Å². The topological polar surface area (TPSA) is 50.7 Å². The molecule has 0 atom stereocenters. The van der Waals surface area contributed by atoms with Crippen molar-refractivity contribution < 1.29 is 4.79 Å². The first-order valence-corrected chi connectivity index (χ1v) is 4.23. The molecule has 0 aliphatic carbocycles. The summed E-state index contributed by atoms with van der Waals surface area (Å²) in [5, 5.41) is 0. The Bertz CT molecular complexity index is 90.1. The summed E-state index contributed by atoms with van der Waals surface area (Å²) in [6, 6.07) is 0. The SMILES string of the molecule is CCCN(CCN)CCC=[OH+]. The maximum Gasteiger partial charge on any atom is 0.283 e. The summed E-state index contributed by atoms with van der Waals surface area (Å²) in [6.45, 7) is 5.77. The van der Waals surface area contributed by atoms with Gasteiger partial charge in [-0.3, -0.25) is 4.79 Å². The Kier molecular flexibility index (Phi) is 7.41. The minimum atomic E-state index is 0.700. The smallest absolute Gasteiger partial charge is 0.283 e. The highest BCUT2D eigenvalue weighted by Crippen LogP contribution is 1.90. The largest absolute Gasteiger partial charge is 0.329 e. The van der Waals surface area contributed by atoms with Crippen LogP contribution in [-0.4, -0.2) is 42.2 Å². The number of hydrogen-bond acceptors (Lipinski definition) is 2. The van der Waals surface area contributed by atoms with Crippen LogP contribution in [-0.2, 0) is 0 Å². The fraction of sp³-hybridized carbons (Fsp3) is 0.875. The number of aldehydes is 1. The van der Waals surface area contributed by atoms with Gasteiger partial charge in [0.15, 0.2) is 0 Å². The molecule has 0 radical (unpaired) electrons. The number of nitrogens with zero attached hydrogens (tertiary/aromatic N) is 1. The van der Waals surface area contributed by atoms with Gasteiger partial charge in [0.25, 0.3) is 6.29 Å². The Balaban J connectivity index is 3.41. The highest BCUT2D eigenvalue weighted by molar-refractivity contribution is 5.50. The second kappa shape index (κ2) is 7.69. The van der Waals surface area contributed by atoms with E-state index in [0.29, 0.717) is 6.54 Å². The number of carbonyl (C=O) groups excluding carboxylic acids is 1. The van der Waals surface area contributed by atoms with Crippen LogP contribution in [0, 0.1) is 0 Å². The van der Waals surface area contributed by atoms with Crippen molar-refractivity contribution in [1.29, 1.82) is 0 Å². The summed E-state index contributed by atoms with van der Waals surface area (Å²) in [6.07, 6.45) is 3.09. The van der Waals surface area contributed by atoms with E-state index in [1.165, 1.54) is 6.29 Å². The van der Waals surface area contributed by atoms with E-state index in [1.54, 1.807) is 0 Å². The molecule has 0 aromatic rings. The summed E-state index contributed by atoms with van der Waals surface area (Å²) in [7, 11) is 0. The van der Waals surface area contributed by atoms with Gasteiger partial charge in [0.05, 0.1) is 6.42 Å². The molecule has 0 saturated heterocycles. The molecule has 0 saturated carbocycles. The molecule has 3 N–H and O–H groups in total.